The molecule has 0 aromatic heterocycles. The van der Waals surface area contributed by atoms with Crippen LogP contribution in [-0.2, 0) is 22.6 Å². The topological polar surface area (TPSA) is 43.9 Å². The Kier molecular flexibility index (Phi) is 6.76. The van der Waals surface area contributed by atoms with Crippen LogP contribution < -0.4 is 0 Å². The number of amides is 2. The van der Waals surface area contributed by atoms with E-state index >= 15 is 0 Å². The monoisotopic (exact) mass is 385 g/mol. The van der Waals surface area contributed by atoms with Crippen LogP contribution in [0.4, 0.5) is 0 Å². The van der Waals surface area contributed by atoms with Crippen LogP contribution in [0.5, 0.6) is 0 Å². The van der Waals surface area contributed by atoms with Crippen LogP contribution in [0.2, 0.25) is 0 Å². The fraction of sp³-hybridized carbons (Fsp3) is 0.652. The highest BCUT2D eigenvalue weighted by molar-refractivity contribution is 5.88. The Balaban J connectivity index is 1.73. The van der Waals surface area contributed by atoms with Gasteiger partial charge in [-0.3, -0.25) is 14.5 Å². The second-order valence-electron chi connectivity index (χ2n) is 9.13. The summed E-state index contributed by atoms with van der Waals surface area (Å²) in [5.74, 6) is 1.15. The quantitative estimate of drug-likeness (QED) is 0.783. The number of hydrogen-bond donors (Lipinski definition) is 0. The van der Waals surface area contributed by atoms with Crippen molar-refractivity contribution >= 4 is 11.8 Å². The minimum Gasteiger partial charge on any atom is -0.338 e. The zero-order chi connectivity index (χ0) is 20.3. The Hall–Kier alpha value is -1.88. The maximum atomic E-state index is 13.4. The molecule has 0 aliphatic carbocycles. The molecule has 1 aromatic carbocycles. The molecule has 2 heterocycles. The van der Waals surface area contributed by atoms with Crippen molar-refractivity contribution in [1.82, 2.24) is 14.7 Å². The first-order valence-corrected chi connectivity index (χ1v) is 10.7. The van der Waals surface area contributed by atoms with Gasteiger partial charge in [-0.15, -0.1) is 0 Å². The van der Waals surface area contributed by atoms with Crippen molar-refractivity contribution < 1.29 is 9.59 Å². The molecular weight excluding hydrogens is 350 g/mol. The summed E-state index contributed by atoms with van der Waals surface area (Å²) in [6.07, 6.45) is 1.12. The summed E-state index contributed by atoms with van der Waals surface area (Å²) in [6, 6.07) is 7.85. The van der Waals surface area contributed by atoms with E-state index in [0.29, 0.717) is 31.2 Å². The van der Waals surface area contributed by atoms with E-state index in [1.54, 1.807) is 0 Å². The van der Waals surface area contributed by atoms with Crippen molar-refractivity contribution in [3.63, 3.8) is 0 Å². The van der Waals surface area contributed by atoms with Crippen LogP contribution in [0.25, 0.3) is 0 Å². The van der Waals surface area contributed by atoms with E-state index in [4.69, 9.17) is 0 Å². The Labute approximate surface area is 169 Å². The van der Waals surface area contributed by atoms with Crippen molar-refractivity contribution in [3.8, 4) is 0 Å². The molecule has 2 aliphatic rings. The molecular formula is C23H35N3O2. The predicted octanol–water partition coefficient (Wildman–Crippen LogP) is 2.79. The van der Waals surface area contributed by atoms with Gasteiger partial charge in [-0.25, -0.2) is 0 Å². The van der Waals surface area contributed by atoms with Gasteiger partial charge in [-0.05, 0) is 23.0 Å². The van der Waals surface area contributed by atoms with Crippen molar-refractivity contribution in [2.24, 2.45) is 11.8 Å². The Morgan fingerprint density at radius 2 is 1.61 bits per heavy atom. The highest BCUT2D eigenvalue weighted by Gasteiger charge is 2.37. The molecule has 1 fully saturated rings. The summed E-state index contributed by atoms with van der Waals surface area (Å²) in [5, 5.41) is 0. The standard InChI is InChI=1S/C23H35N3O2/c1-17(2)13-22(27)26-16-20-8-6-5-7-19(20)14-21(26)23(28)25-11-9-24(10-12-25)15-18(3)4/h5-8,17-18,21H,9-16H2,1-4H3. The fourth-order valence-corrected chi connectivity index (χ4v) is 4.35. The van der Waals surface area contributed by atoms with E-state index < -0.39 is 0 Å². The molecule has 5 heteroatoms. The highest BCUT2D eigenvalue weighted by atomic mass is 16.2. The lowest BCUT2D eigenvalue weighted by Gasteiger charge is -2.41. The maximum Gasteiger partial charge on any atom is 0.245 e. The lowest BCUT2D eigenvalue weighted by molar-refractivity contribution is -0.148. The van der Waals surface area contributed by atoms with Gasteiger partial charge in [0.05, 0.1) is 0 Å². The molecule has 0 radical (unpaired) electrons. The second kappa shape index (κ2) is 9.08. The molecule has 2 amide bonds. The van der Waals surface area contributed by atoms with Crippen LogP contribution >= 0.6 is 0 Å². The second-order valence-corrected chi connectivity index (χ2v) is 9.13. The molecule has 154 valence electrons. The SMILES string of the molecule is CC(C)CC(=O)N1Cc2ccccc2CC1C(=O)N1CCN(CC(C)C)CC1. The summed E-state index contributed by atoms with van der Waals surface area (Å²) in [6.45, 7) is 13.6. The van der Waals surface area contributed by atoms with Crippen LogP contribution in [0.1, 0.15) is 45.2 Å². The number of nitrogens with zero attached hydrogens (tertiary/aromatic N) is 3. The highest BCUT2D eigenvalue weighted by Crippen LogP contribution is 2.26. The molecule has 0 saturated carbocycles. The van der Waals surface area contributed by atoms with Gasteiger partial charge >= 0.3 is 0 Å². The van der Waals surface area contributed by atoms with Crippen LogP contribution in [0.15, 0.2) is 24.3 Å². The molecule has 1 aromatic rings. The third kappa shape index (κ3) is 4.93. The Morgan fingerprint density at radius 1 is 0.964 bits per heavy atom. The minimum absolute atomic E-state index is 0.0984. The number of carbonyl (C=O) groups is 2. The number of piperazine rings is 1. The van der Waals surface area contributed by atoms with Gasteiger partial charge in [0.25, 0.3) is 0 Å². The lowest BCUT2D eigenvalue weighted by Crippen LogP contribution is -2.57. The molecule has 0 bridgehead atoms. The smallest absolute Gasteiger partial charge is 0.245 e. The van der Waals surface area contributed by atoms with E-state index in [1.807, 2.05) is 21.9 Å². The van der Waals surface area contributed by atoms with Crippen molar-refractivity contribution in [2.45, 2.75) is 53.1 Å². The average molecular weight is 386 g/mol. The number of hydrogen-bond acceptors (Lipinski definition) is 3. The van der Waals surface area contributed by atoms with E-state index in [2.05, 4.69) is 44.7 Å². The van der Waals surface area contributed by atoms with Crippen LogP contribution in [0, 0.1) is 11.8 Å². The minimum atomic E-state index is -0.363. The number of fused-ring (bicyclic) bond motifs is 1. The van der Waals surface area contributed by atoms with Gasteiger partial charge in [0.1, 0.15) is 6.04 Å². The van der Waals surface area contributed by atoms with E-state index in [9.17, 15) is 9.59 Å². The van der Waals surface area contributed by atoms with Crippen LogP contribution in [0.3, 0.4) is 0 Å². The normalized spacial score (nSPS) is 20.6. The van der Waals surface area contributed by atoms with Crippen molar-refractivity contribution in [3.05, 3.63) is 35.4 Å². The molecule has 0 spiro atoms. The predicted molar refractivity (Wildman–Crippen MR) is 112 cm³/mol. The van der Waals surface area contributed by atoms with Gasteiger partial charge in [0, 0.05) is 52.1 Å². The molecule has 1 saturated heterocycles. The van der Waals surface area contributed by atoms with E-state index in [1.165, 1.54) is 11.1 Å². The number of rotatable bonds is 5. The van der Waals surface area contributed by atoms with E-state index in [-0.39, 0.29) is 17.9 Å². The molecule has 3 rings (SSSR count). The first-order chi connectivity index (χ1) is 13.3. The van der Waals surface area contributed by atoms with Crippen molar-refractivity contribution in [2.75, 3.05) is 32.7 Å². The summed E-state index contributed by atoms with van der Waals surface area (Å²) in [5.41, 5.74) is 2.37. The molecule has 1 unspecified atom stereocenters. The van der Waals surface area contributed by atoms with Gasteiger partial charge in [0.2, 0.25) is 11.8 Å². The third-order valence-corrected chi connectivity index (χ3v) is 5.74. The summed E-state index contributed by atoms with van der Waals surface area (Å²) in [7, 11) is 0. The Bertz CT molecular complexity index is 693. The Morgan fingerprint density at radius 3 is 2.21 bits per heavy atom. The van der Waals surface area contributed by atoms with E-state index in [0.717, 1.165) is 32.7 Å². The largest absolute Gasteiger partial charge is 0.338 e. The van der Waals surface area contributed by atoms with Gasteiger partial charge in [-0.1, -0.05) is 52.0 Å². The zero-order valence-corrected chi connectivity index (χ0v) is 17.9. The average Bonchev–Trinajstić information content (AvgIpc) is 2.66. The number of carbonyl (C=O) groups excluding carboxylic acids is 2. The summed E-state index contributed by atoms with van der Waals surface area (Å²) >= 11 is 0. The van der Waals surface area contributed by atoms with Crippen LogP contribution in [-0.4, -0.2) is 65.3 Å². The first kappa shape index (κ1) is 20.8. The van der Waals surface area contributed by atoms with Gasteiger partial charge in [-0.2, -0.15) is 0 Å². The zero-order valence-electron chi connectivity index (χ0n) is 17.9. The molecule has 1 atom stereocenters. The van der Waals surface area contributed by atoms with Gasteiger partial charge in [0.15, 0.2) is 0 Å². The molecule has 0 N–H and O–H groups in total. The summed E-state index contributed by atoms with van der Waals surface area (Å²) < 4.78 is 0. The maximum absolute atomic E-state index is 13.4. The van der Waals surface area contributed by atoms with Crippen molar-refractivity contribution in [1.29, 1.82) is 0 Å². The summed E-state index contributed by atoms with van der Waals surface area (Å²) in [4.78, 5) is 32.6. The first-order valence-electron chi connectivity index (χ1n) is 10.7. The third-order valence-electron chi connectivity index (χ3n) is 5.74. The molecule has 5 nitrogen and oxygen atoms in total. The molecule has 28 heavy (non-hydrogen) atoms. The number of benzene rings is 1. The molecule has 2 aliphatic heterocycles. The lowest BCUT2D eigenvalue weighted by atomic mass is 9.92. The fourth-order valence-electron chi connectivity index (χ4n) is 4.35. The van der Waals surface area contributed by atoms with Gasteiger partial charge < -0.3 is 9.80 Å².